The summed E-state index contributed by atoms with van der Waals surface area (Å²) in [7, 11) is 1.47. The van der Waals surface area contributed by atoms with Gasteiger partial charge < -0.3 is 9.64 Å². The average molecular weight is 237 g/mol. The van der Waals surface area contributed by atoms with Crippen molar-refractivity contribution in [3.05, 3.63) is 22.4 Å². The lowest BCUT2D eigenvalue weighted by Gasteiger charge is -2.22. The van der Waals surface area contributed by atoms with E-state index in [1.165, 1.54) is 12.0 Å². The zero-order valence-electron chi connectivity index (χ0n) is 9.26. The molecule has 0 spiro atoms. The maximum absolute atomic E-state index is 11.7. The fourth-order valence-corrected chi connectivity index (χ4v) is 4.09. The predicted molar refractivity (Wildman–Crippen MR) is 62.7 cm³/mol. The maximum Gasteiger partial charge on any atom is 0.410 e. The number of thiophene rings is 1. The molecule has 0 radical (unpaired) electrons. The highest BCUT2D eigenvalue weighted by Crippen LogP contribution is 2.47. The van der Waals surface area contributed by atoms with Crippen molar-refractivity contribution in [1.82, 2.24) is 4.90 Å². The Balaban J connectivity index is 1.85. The summed E-state index contributed by atoms with van der Waals surface area (Å²) in [5, 5.41) is 2.11. The molecule has 2 saturated heterocycles. The van der Waals surface area contributed by atoms with Crippen molar-refractivity contribution < 1.29 is 9.53 Å². The van der Waals surface area contributed by atoms with Crippen molar-refractivity contribution in [1.29, 1.82) is 0 Å². The normalized spacial score (nSPS) is 32.1. The third-order valence-corrected chi connectivity index (χ3v) is 4.84. The average Bonchev–Trinajstić information content (AvgIpc) is 3.02. The zero-order valence-corrected chi connectivity index (χ0v) is 10.1. The van der Waals surface area contributed by atoms with Crippen molar-refractivity contribution >= 4 is 17.4 Å². The van der Waals surface area contributed by atoms with Crippen LogP contribution in [0.15, 0.2) is 17.5 Å². The number of carbonyl (C=O) groups is 1. The lowest BCUT2D eigenvalue weighted by molar-refractivity contribution is 0.117. The van der Waals surface area contributed by atoms with E-state index in [1.54, 1.807) is 11.3 Å². The summed E-state index contributed by atoms with van der Waals surface area (Å²) < 4.78 is 4.87. The van der Waals surface area contributed by atoms with Crippen LogP contribution in [-0.2, 0) is 4.74 Å². The molecule has 1 aromatic rings. The van der Waals surface area contributed by atoms with Crippen molar-refractivity contribution in [3.63, 3.8) is 0 Å². The molecule has 3 nitrogen and oxygen atoms in total. The van der Waals surface area contributed by atoms with Crippen molar-refractivity contribution in [2.75, 3.05) is 7.11 Å². The fraction of sp³-hybridized carbons (Fsp3) is 0.583. The van der Waals surface area contributed by atoms with Crippen molar-refractivity contribution in [3.8, 4) is 0 Å². The minimum atomic E-state index is -0.147. The summed E-state index contributed by atoms with van der Waals surface area (Å²) in [5.74, 6) is 0.540. The van der Waals surface area contributed by atoms with Crippen LogP contribution < -0.4 is 0 Å². The van der Waals surface area contributed by atoms with Crippen molar-refractivity contribution in [2.24, 2.45) is 0 Å². The van der Waals surface area contributed by atoms with Gasteiger partial charge >= 0.3 is 6.09 Å². The van der Waals surface area contributed by atoms with E-state index in [1.807, 2.05) is 4.90 Å². The van der Waals surface area contributed by atoms with Crippen LogP contribution in [0.4, 0.5) is 4.79 Å². The smallest absolute Gasteiger partial charge is 0.410 e. The summed E-state index contributed by atoms with van der Waals surface area (Å²) in [4.78, 5) is 15.1. The number of nitrogens with zero attached hydrogens (tertiary/aromatic N) is 1. The molecule has 0 aliphatic carbocycles. The minimum absolute atomic E-state index is 0.147. The summed E-state index contributed by atoms with van der Waals surface area (Å²) in [6, 6.07) is 5.06. The van der Waals surface area contributed by atoms with Crippen LogP contribution in [0.25, 0.3) is 0 Å². The van der Waals surface area contributed by atoms with Gasteiger partial charge in [-0.2, -0.15) is 0 Å². The molecule has 2 aliphatic heterocycles. The van der Waals surface area contributed by atoms with Crippen LogP contribution in [-0.4, -0.2) is 30.2 Å². The van der Waals surface area contributed by atoms with E-state index < -0.39 is 0 Å². The summed E-state index contributed by atoms with van der Waals surface area (Å²) in [6.45, 7) is 0. The molecule has 2 fully saturated rings. The number of methoxy groups -OCH3 is 1. The minimum Gasteiger partial charge on any atom is -0.453 e. The molecule has 16 heavy (non-hydrogen) atoms. The third kappa shape index (κ3) is 1.36. The van der Waals surface area contributed by atoms with E-state index in [-0.39, 0.29) is 6.09 Å². The van der Waals surface area contributed by atoms with E-state index in [0.29, 0.717) is 18.0 Å². The van der Waals surface area contributed by atoms with Crippen molar-refractivity contribution in [2.45, 2.75) is 37.3 Å². The largest absolute Gasteiger partial charge is 0.453 e. The predicted octanol–water partition coefficient (Wildman–Crippen LogP) is 2.83. The van der Waals surface area contributed by atoms with Crippen LogP contribution in [0.2, 0.25) is 0 Å². The lowest BCUT2D eigenvalue weighted by atomic mass is 9.88. The monoisotopic (exact) mass is 237 g/mol. The molecule has 86 valence electrons. The van der Waals surface area contributed by atoms with Gasteiger partial charge in [-0.25, -0.2) is 4.79 Å². The van der Waals surface area contributed by atoms with E-state index in [0.717, 1.165) is 19.3 Å². The first kappa shape index (κ1) is 10.1. The first-order valence-electron chi connectivity index (χ1n) is 5.71. The maximum atomic E-state index is 11.7. The number of carbonyl (C=O) groups excluding carboxylic acids is 1. The molecule has 0 aromatic carbocycles. The van der Waals surface area contributed by atoms with Gasteiger partial charge in [-0.15, -0.1) is 11.3 Å². The molecule has 0 saturated carbocycles. The molecule has 3 heterocycles. The van der Waals surface area contributed by atoms with E-state index >= 15 is 0 Å². The number of hydrogen-bond acceptors (Lipinski definition) is 3. The summed E-state index contributed by atoms with van der Waals surface area (Å²) in [5.41, 5.74) is 0. The van der Waals surface area contributed by atoms with Crippen LogP contribution in [0.1, 0.15) is 30.1 Å². The highest BCUT2D eigenvalue weighted by molar-refractivity contribution is 7.10. The second kappa shape index (κ2) is 3.77. The van der Waals surface area contributed by atoms with Gasteiger partial charge in [0.05, 0.1) is 7.11 Å². The van der Waals surface area contributed by atoms with Crippen LogP contribution in [0, 0.1) is 0 Å². The Labute approximate surface area is 99.0 Å². The van der Waals surface area contributed by atoms with Crippen LogP contribution in [0.5, 0.6) is 0 Å². The van der Waals surface area contributed by atoms with Crippen LogP contribution >= 0.6 is 11.3 Å². The Hall–Kier alpha value is -1.03. The van der Waals surface area contributed by atoms with E-state index in [9.17, 15) is 4.79 Å². The number of fused-ring (bicyclic) bond motifs is 2. The lowest BCUT2D eigenvalue weighted by Crippen LogP contribution is -2.35. The molecular weight excluding hydrogens is 222 g/mol. The fourth-order valence-electron chi connectivity index (χ4n) is 3.19. The van der Waals surface area contributed by atoms with Crippen LogP contribution in [0.3, 0.4) is 0 Å². The summed E-state index contributed by atoms with van der Waals surface area (Å²) in [6.07, 6.45) is 3.23. The number of rotatable bonds is 1. The van der Waals surface area contributed by atoms with Gasteiger partial charge in [0.2, 0.25) is 0 Å². The molecule has 0 unspecified atom stereocenters. The van der Waals surface area contributed by atoms with Gasteiger partial charge in [0.25, 0.3) is 0 Å². The Morgan fingerprint density at radius 1 is 1.56 bits per heavy atom. The van der Waals surface area contributed by atoms with Gasteiger partial charge in [0, 0.05) is 22.9 Å². The Morgan fingerprint density at radius 3 is 3.12 bits per heavy atom. The van der Waals surface area contributed by atoms with Gasteiger partial charge in [-0.05, 0) is 30.7 Å². The van der Waals surface area contributed by atoms with Gasteiger partial charge in [0.1, 0.15) is 0 Å². The Bertz CT molecular complexity index is 390. The quantitative estimate of drug-likeness (QED) is 0.751. The second-order valence-electron chi connectivity index (χ2n) is 4.53. The molecule has 1 aromatic heterocycles. The van der Waals surface area contributed by atoms with Gasteiger partial charge in [-0.1, -0.05) is 6.07 Å². The molecule has 4 heteroatoms. The number of ether oxygens (including phenoxy) is 1. The van der Waals surface area contributed by atoms with E-state index in [4.69, 9.17) is 4.74 Å². The molecule has 2 aliphatic rings. The molecule has 3 atom stereocenters. The van der Waals surface area contributed by atoms with Gasteiger partial charge in [0.15, 0.2) is 0 Å². The Kier molecular flexibility index (Phi) is 2.39. The topological polar surface area (TPSA) is 29.5 Å². The van der Waals surface area contributed by atoms with E-state index in [2.05, 4.69) is 17.5 Å². The zero-order chi connectivity index (χ0) is 11.1. The third-order valence-electron chi connectivity index (χ3n) is 3.83. The molecule has 3 rings (SSSR count). The molecule has 1 amide bonds. The first-order valence-corrected chi connectivity index (χ1v) is 6.59. The molecule has 0 N–H and O–H groups in total. The Morgan fingerprint density at radius 2 is 2.44 bits per heavy atom. The first-order chi connectivity index (χ1) is 7.81. The van der Waals surface area contributed by atoms with Gasteiger partial charge in [-0.3, -0.25) is 0 Å². The summed E-state index contributed by atoms with van der Waals surface area (Å²) >= 11 is 1.80. The number of amides is 1. The molecular formula is C12H15NO2S. The standard InChI is InChI=1S/C12H15NO2S/c1-15-12(14)13-8-4-5-10(13)9(7-8)11-3-2-6-16-11/h2-3,6,8-10H,4-5,7H2,1H3/t8-,9-,10+/m1/s1. The highest BCUT2D eigenvalue weighted by Gasteiger charge is 2.49. The highest BCUT2D eigenvalue weighted by atomic mass is 32.1. The SMILES string of the molecule is COC(=O)N1[C@@H]2CC[C@H]1[C@H](c1cccs1)C2. The second-order valence-corrected chi connectivity index (χ2v) is 5.51. The molecule has 2 bridgehead atoms. The number of hydrogen-bond donors (Lipinski definition) is 0.